The predicted octanol–water partition coefficient (Wildman–Crippen LogP) is 3.91. The number of para-hydroxylation sites is 2. The number of rotatable bonds is 6. The molecule has 2 aromatic carbocycles. The van der Waals surface area contributed by atoms with Crippen LogP contribution in [0.4, 0.5) is 4.39 Å². The smallest absolute Gasteiger partial charge is 0.289 e. The van der Waals surface area contributed by atoms with Gasteiger partial charge in [-0.1, -0.05) is 12.1 Å². The highest BCUT2D eigenvalue weighted by Gasteiger charge is 2.25. The number of hydrogen-bond donors (Lipinski definition) is 0. The number of carbonyl (C=O) groups excluding carboxylic acids is 1. The molecule has 3 aromatic rings. The number of nitrogens with zero attached hydrogens (tertiary/aromatic N) is 1. The highest BCUT2D eigenvalue weighted by atomic mass is 19.1. The normalized spacial score (nSPS) is 15.0. The van der Waals surface area contributed by atoms with E-state index in [0.717, 1.165) is 0 Å². The van der Waals surface area contributed by atoms with Gasteiger partial charge in [-0.15, -0.1) is 0 Å². The van der Waals surface area contributed by atoms with Crippen LogP contribution in [0.1, 0.15) is 16.3 Å². The molecule has 0 N–H and O–H groups in total. The summed E-state index contributed by atoms with van der Waals surface area (Å²) in [4.78, 5) is 14.2. The lowest BCUT2D eigenvalue weighted by Gasteiger charge is -2.29. The SMILES string of the molecule is CN(C[C@@H]1COc2ccccc2O1)C(=O)c1ccc(COc2ccc(F)cc2)o1. The lowest BCUT2D eigenvalue weighted by atomic mass is 10.2. The van der Waals surface area contributed by atoms with Gasteiger partial charge >= 0.3 is 0 Å². The van der Waals surface area contributed by atoms with Crippen molar-refractivity contribution in [3.63, 3.8) is 0 Å². The summed E-state index contributed by atoms with van der Waals surface area (Å²) in [7, 11) is 1.68. The van der Waals surface area contributed by atoms with E-state index in [-0.39, 0.29) is 30.2 Å². The van der Waals surface area contributed by atoms with Crippen LogP contribution in [0.2, 0.25) is 0 Å². The molecule has 1 aliphatic rings. The van der Waals surface area contributed by atoms with Gasteiger partial charge in [0.2, 0.25) is 0 Å². The van der Waals surface area contributed by atoms with Crippen molar-refractivity contribution in [2.24, 2.45) is 0 Å². The second-order valence-corrected chi connectivity index (χ2v) is 6.69. The molecule has 0 fully saturated rings. The second-order valence-electron chi connectivity index (χ2n) is 6.69. The largest absolute Gasteiger partial charge is 0.486 e. The minimum atomic E-state index is -0.331. The Labute approximate surface area is 167 Å². The Morgan fingerprint density at radius 1 is 1.10 bits per heavy atom. The van der Waals surface area contributed by atoms with Gasteiger partial charge in [-0.25, -0.2) is 4.39 Å². The summed E-state index contributed by atoms with van der Waals surface area (Å²) in [5.41, 5.74) is 0. The Morgan fingerprint density at radius 3 is 2.66 bits per heavy atom. The van der Waals surface area contributed by atoms with Crippen molar-refractivity contribution in [3.05, 3.63) is 78.0 Å². The first kappa shape index (κ1) is 18.9. The molecule has 1 atom stereocenters. The van der Waals surface area contributed by atoms with Crippen LogP contribution < -0.4 is 14.2 Å². The van der Waals surface area contributed by atoms with Crippen molar-refractivity contribution in [3.8, 4) is 17.2 Å². The van der Waals surface area contributed by atoms with Crippen LogP contribution in [0.15, 0.2) is 65.1 Å². The molecule has 0 saturated carbocycles. The van der Waals surface area contributed by atoms with Crippen molar-refractivity contribution >= 4 is 5.91 Å². The van der Waals surface area contributed by atoms with Gasteiger partial charge in [-0.05, 0) is 48.5 Å². The summed E-state index contributed by atoms with van der Waals surface area (Å²) in [6.45, 7) is 0.859. The number of amides is 1. The fourth-order valence-corrected chi connectivity index (χ4v) is 2.99. The number of halogens is 1. The monoisotopic (exact) mass is 397 g/mol. The van der Waals surface area contributed by atoms with Gasteiger partial charge in [-0.3, -0.25) is 4.79 Å². The zero-order chi connectivity index (χ0) is 20.2. The average Bonchev–Trinajstić information content (AvgIpc) is 3.21. The van der Waals surface area contributed by atoms with Crippen molar-refractivity contribution in [1.82, 2.24) is 4.90 Å². The molecule has 0 saturated heterocycles. The minimum Gasteiger partial charge on any atom is -0.486 e. The molecule has 1 aliphatic heterocycles. The zero-order valence-electron chi connectivity index (χ0n) is 15.8. The number of fused-ring (bicyclic) bond motifs is 1. The molecule has 1 amide bonds. The maximum Gasteiger partial charge on any atom is 0.289 e. The van der Waals surface area contributed by atoms with E-state index in [2.05, 4.69) is 0 Å². The molecule has 4 rings (SSSR count). The first-order valence-electron chi connectivity index (χ1n) is 9.19. The average molecular weight is 397 g/mol. The zero-order valence-corrected chi connectivity index (χ0v) is 15.8. The third-order valence-corrected chi connectivity index (χ3v) is 4.46. The van der Waals surface area contributed by atoms with E-state index in [1.807, 2.05) is 24.3 Å². The maximum absolute atomic E-state index is 12.9. The van der Waals surface area contributed by atoms with Crippen LogP contribution >= 0.6 is 0 Å². The lowest BCUT2D eigenvalue weighted by Crippen LogP contribution is -2.41. The Bertz CT molecular complexity index is 985. The van der Waals surface area contributed by atoms with E-state index < -0.39 is 0 Å². The number of benzene rings is 2. The minimum absolute atomic E-state index is 0.138. The van der Waals surface area contributed by atoms with Crippen molar-refractivity contribution in [1.29, 1.82) is 0 Å². The summed E-state index contributed by atoms with van der Waals surface area (Å²) in [5, 5.41) is 0. The van der Waals surface area contributed by atoms with E-state index in [0.29, 0.717) is 36.2 Å². The summed E-state index contributed by atoms with van der Waals surface area (Å²) in [6, 6.07) is 16.4. The highest BCUT2D eigenvalue weighted by Crippen LogP contribution is 2.31. The van der Waals surface area contributed by atoms with E-state index in [4.69, 9.17) is 18.6 Å². The van der Waals surface area contributed by atoms with Crippen molar-refractivity contribution < 1.29 is 27.8 Å². The Balaban J connectivity index is 1.32. The number of hydrogen-bond acceptors (Lipinski definition) is 5. The molecule has 0 spiro atoms. The summed E-state index contributed by atoms with van der Waals surface area (Å²) in [6.07, 6.45) is -0.268. The lowest BCUT2D eigenvalue weighted by molar-refractivity contribution is 0.0499. The molecule has 7 heteroatoms. The number of likely N-dealkylation sites (N-methyl/N-ethyl adjacent to an activating group) is 1. The molecule has 29 heavy (non-hydrogen) atoms. The van der Waals surface area contributed by atoms with E-state index >= 15 is 0 Å². The molecular formula is C22H20FNO5. The van der Waals surface area contributed by atoms with Gasteiger partial charge in [0.15, 0.2) is 23.4 Å². The van der Waals surface area contributed by atoms with Crippen LogP contribution in [0, 0.1) is 5.82 Å². The Hall–Kier alpha value is -3.48. The quantitative estimate of drug-likeness (QED) is 0.631. The van der Waals surface area contributed by atoms with Gasteiger partial charge < -0.3 is 23.5 Å². The second kappa shape index (κ2) is 8.26. The highest BCUT2D eigenvalue weighted by molar-refractivity contribution is 5.91. The van der Waals surface area contributed by atoms with E-state index in [1.54, 1.807) is 19.2 Å². The molecule has 2 heterocycles. The Kier molecular flexibility index (Phi) is 5.37. The van der Waals surface area contributed by atoms with E-state index in [9.17, 15) is 9.18 Å². The number of carbonyl (C=O) groups is 1. The van der Waals surface area contributed by atoms with Gasteiger partial charge in [-0.2, -0.15) is 0 Å². The number of furan rings is 1. The molecule has 150 valence electrons. The van der Waals surface area contributed by atoms with Gasteiger partial charge in [0, 0.05) is 7.05 Å². The van der Waals surface area contributed by atoms with E-state index in [1.165, 1.54) is 29.2 Å². The van der Waals surface area contributed by atoms with Crippen LogP contribution in [0.25, 0.3) is 0 Å². The Morgan fingerprint density at radius 2 is 1.86 bits per heavy atom. The van der Waals surface area contributed by atoms with Gasteiger partial charge in [0.25, 0.3) is 5.91 Å². The fourth-order valence-electron chi connectivity index (χ4n) is 2.99. The third-order valence-electron chi connectivity index (χ3n) is 4.46. The fraction of sp³-hybridized carbons (Fsp3) is 0.227. The first-order valence-corrected chi connectivity index (χ1v) is 9.19. The third kappa shape index (κ3) is 4.51. The molecule has 6 nitrogen and oxygen atoms in total. The summed E-state index contributed by atoms with van der Waals surface area (Å²) in [5.74, 6) is 2.00. The molecule has 0 bridgehead atoms. The van der Waals surface area contributed by atoms with Crippen LogP contribution in [0.5, 0.6) is 17.2 Å². The summed E-state index contributed by atoms with van der Waals surface area (Å²) < 4.78 is 35.6. The standard InChI is InChI=1S/C22H20FNO5/c1-24(12-18-14-27-19-4-2-3-5-20(19)29-18)22(25)21-11-10-17(28-21)13-26-16-8-6-15(23)7-9-16/h2-11,18H,12-14H2,1H3/t18-/m1/s1. The van der Waals surface area contributed by atoms with Crippen LogP contribution in [-0.4, -0.2) is 37.1 Å². The summed E-state index contributed by atoms with van der Waals surface area (Å²) >= 11 is 0. The number of ether oxygens (including phenoxy) is 3. The van der Waals surface area contributed by atoms with Crippen LogP contribution in [0.3, 0.4) is 0 Å². The molecule has 0 unspecified atom stereocenters. The van der Waals surface area contributed by atoms with Gasteiger partial charge in [0.05, 0.1) is 6.54 Å². The molecular weight excluding hydrogens is 377 g/mol. The van der Waals surface area contributed by atoms with Crippen LogP contribution in [-0.2, 0) is 6.61 Å². The molecule has 0 radical (unpaired) electrons. The first-order chi connectivity index (χ1) is 14.1. The predicted molar refractivity (Wildman–Crippen MR) is 103 cm³/mol. The van der Waals surface area contributed by atoms with Crippen molar-refractivity contribution in [2.75, 3.05) is 20.2 Å². The molecule has 1 aromatic heterocycles. The van der Waals surface area contributed by atoms with Crippen molar-refractivity contribution in [2.45, 2.75) is 12.7 Å². The molecule has 0 aliphatic carbocycles. The van der Waals surface area contributed by atoms with Gasteiger partial charge in [0.1, 0.15) is 30.5 Å². The topological polar surface area (TPSA) is 61.1 Å². The maximum atomic E-state index is 12.9.